The molecule has 3 aliphatic rings. The highest BCUT2D eigenvalue weighted by Gasteiger charge is 2.40. The van der Waals surface area contributed by atoms with Crippen LogP contribution in [-0.2, 0) is 14.3 Å². The van der Waals surface area contributed by atoms with E-state index >= 15 is 0 Å². The zero-order valence-electron chi connectivity index (χ0n) is 9.36. The zero-order valence-corrected chi connectivity index (χ0v) is 9.36. The van der Waals surface area contributed by atoms with Crippen LogP contribution in [0.3, 0.4) is 0 Å². The zero-order chi connectivity index (χ0) is 12.2. The van der Waals surface area contributed by atoms with Gasteiger partial charge in [0.15, 0.2) is 6.10 Å². The van der Waals surface area contributed by atoms with Crippen LogP contribution in [0.25, 0.3) is 0 Å². The predicted octanol–water partition coefficient (Wildman–Crippen LogP) is 2.19. The van der Waals surface area contributed by atoms with Gasteiger partial charge in [-0.15, -0.1) is 0 Å². The second kappa shape index (κ2) is 3.23. The molecular weight excluding hydrogens is 216 g/mol. The molecule has 1 fully saturated rings. The minimum atomic E-state index is -0.420. The molecule has 0 aromatic rings. The number of esters is 1. The van der Waals surface area contributed by atoms with Crippen LogP contribution in [0, 0.1) is 0 Å². The molecule has 1 saturated heterocycles. The number of carbonyl (C=O) groups excluding carboxylic acids is 1. The first kappa shape index (κ1) is 10.1. The average molecular weight is 228 g/mol. The molecule has 0 bridgehead atoms. The Bertz CT molecular complexity index is 534. The maximum atomic E-state index is 11.4. The van der Waals surface area contributed by atoms with E-state index in [-0.39, 0.29) is 18.5 Å². The Labute approximate surface area is 99.4 Å². The summed E-state index contributed by atoms with van der Waals surface area (Å²) in [4.78, 5) is 11.4. The predicted molar refractivity (Wildman–Crippen MR) is 63.0 cm³/mol. The third-order valence-electron chi connectivity index (χ3n) is 3.19. The van der Waals surface area contributed by atoms with Crippen molar-refractivity contribution in [3.05, 3.63) is 59.9 Å². The van der Waals surface area contributed by atoms with E-state index in [4.69, 9.17) is 9.47 Å². The summed E-state index contributed by atoms with van der Waals surface area (Å²) in [5.41, 5.74) is 3.46. The van der Waals surface area contributed by atoms with Crippen molar-refractivity contribution in [1.82, 2.24) is 0 Å². The van der Waals surface area contributed by atoms with Gasteiger partial charge in [-0.3, -0.25) is 4.79 Å². The fourth-order valence-corrected chi connectivity index (χ4v) is 2.39. The first-order chi connectivity index (χ1) is 8.06. The molecule has 3 heteroatoms. The van der Waals surface area contributed by atoms with Crippen molar-refractivity contribution in [1.29, 1.82) is 0 Å². The molecule has 0 aromatic carbocycles. The minimum absolute atomic E-state index is 0.241. The van der Waals surface area contributed by atoms with Gasteiger partial charge in [-0.2, -0.15) is 0 Å². The molecular formula is C14H12O3. The topological polar surface area (TPSA) is 35.5 Å². The number of hydrogen-bond donors (Lipinski definition) is 0. The Morgan fingerprint density at radius 1 is 1.12 bits per heavy atom. The Kier molecular flexibility index (Phi) is 1.93. The van der Waals surface area contributed by atoms with Crippen LogP contribution in [0.2, 0.25) is 0 Å². The van der Waals surface area contributed by atoms with Gasteiger partial charge in [0.1, 0.15) is 11.9 Å². The van der Waals surface area contributed by atoms with E-state index in [0.717, 1.165) is 22.3 Å². The standard InChI is InChI=1S/C14H12O3/c1-7-4-12(15)17-14-9(3)13-10(6-11(7)14)5-8(2)16-13/h5-6,13-14H,1-4H2. The number of fused-ring (bicyclic) bond motifs is 2. The van der Waals surface area contributed by atoms with Gasteiger partial charge < -0.3 is 9.47 Å². The van der Waals surface area contributed by atoms with Gasteiger partial charge in [0.2, 0.25) is 0 Å². The van der Waals surface area contributed by atoms with Crippen LogP contribution in [0.15, 0.2) is 59.9 Å². The Morgan fingerprint density at radius 3 is 2.65 bits per heavy atom. The quantitative estimate of drug-likeness (QED) is 0.471. The molecule has 2 heterocycles. The van der Waals surface area contributed by atoms with Crippen molar-refractivity contribution in [2.75, 3.05) is 0 Å². The van der Waals surface area contributed by atoms with Gasteiger partial charge in [-0.05, 0) is 17.7 Å². The first-order valence-corrected chi connectivity index (χ1v) is 5.41. The normalized spacial score (nSPS) is 31.1. The van der Waals surface area contributed by atoms with Crippen molar-refractivity contribution in [2.45, 2.75) is 18.6 Å². The molecule has 2 atom stereocenters. The highest BCUT2D eigenvalue weighted by Crippen LogP contribution is 2.41. The van der Waals surface area contributed by atoms with Gasteiger partial charge in [-0.1, -0.05) is 19.7 Å². The molecule has 1 aliphatic carbocycles. The van der Waals surface area contributed by atoms with Gasteiger partial charge >= 0.3 is 5.97 Å². The van der Waals surface area contributed by atoms with Crippen LogP contribution < -0.4 is 0 Å². The first-order valence-electron chi connectivity index (χ1n) is 5.41. The van der Waals surface area contributed by atoms with E-state index < -0.39 is 6.10 Å². The number of hydrogen-bond acceptors (Lipinski definition) is 3. The average Bonchev–Trinajstić information content (AvgIpc) is 2.62. The SMILES string of the molecule is C=C1C=C2C=C3C(=C)CC(=O)OC3C(=C)C2O1. The van der Waals surface area contributed by atoms with E-state index in [2.05, 4.69) is 19.7 Å². The summed E-state index contributed by atoms with van der Waals surface area (Å²) in [6, 6.07) is 0. The highest BCUT2D eigenvalue weighted by atomic mass is 16.5. The highest BCUT2D eigenvalue weighted by molar-refractivity contribution is 5.78. The molecule has 3 rings (SSSR count). The van der Waals surface area contributed by atoms with Crippen molar-refractivity contribution in [2.24, 2.45) is 0 Å². The van der Waals surface area contributed by atoms with Crippen molar-refractivity contribution < 1.29 is 14.3 Å². The second-order valence-corrected chi connectivity index (χ2v) is 4.43. The fraction of sp³-hybridized carbons (Fsp3) is 0.214. The van der Waals surface area contributed by atoms with Gasteiger partial charge in [0, 0.05) is 16.7 Å². The lowest BCUT2D eigenvalue weighted by Crippen LogP contribution is -2.36. The fourth-order valence-electron chi connectivity index (χ4n) is 2.39. The minimum Gasteiger partial charge on any atom is -0.482 e. The summed E-state index contributed by atoms with van der Waals surface area (Å²) >= 11 is 0. The van der Waals surface area contributed by atoms with E-state index in [0.29, 0.717) is 5.76 Å². The number of ether oxygens (including phenoxy) is 2. The molecule has 0 amide bonds. The van der Waals surface area contributed by atoms with Crippen LogP contribution in [0.5, 0.6) is 0 Å². The van der Waals surface area contributed by atoms with E-state index in [9.17, 15) is 4.79 Å². The monoisotopic (exact) mass is 228 g/mol. The third kappa shape index (κ3) is 1.39. The number of allylic oxidation sites excluding steroid dienone is 1. The Hall–Kier alpha value is -2.03. The third-order valence-corrected chi connectivity index (χ3v) is 3.19. The summed E-state index contributed by atoms with van der Waals surface area (Å²) in [6.45, 7) is 11.7. The van der Waals surface area contributed by atoms with Crippen molar-refractivity contribution >= 4 is 5.97 Å². The Morgan fingerprint density at radius 2 is 1.88 bits per heavy atom. The summed E-state index contributed by atoms with van der Waals surface area (Å²) < 4.78 is 10.9. The lowest BCUT2D eigenvalue weighted by atomic mass is 9.82. The second-order valence-electron chi connectivity index (χ2n) is 4.43. The molecule has 0 aromatic heterocycles. The summed E-state index contributed by atoms with van der Waals surface area (Å²) in [5, 5.41) is 0. The van der Waals surface area contributed by atoms with Crippen molar-refractivity contribution in [3.63, 3.8) is 0 Å². The smallest absolute Gasteiger partial charge is 0.311 e. The lowest BCUT2D eigenvalue weighted by molar-refractivity contribution is -0.147. The maximum absolute atomic E-state index is 11.4. The summed E-state index contributed by atoms with van der Waals surface area (Å²) in [7, 11) is 0. The van der Waals surface area contributed by atoms with Crippen LogP contribution in [-0.4, -0.2) is 18.2 Å². The van der Waals surface area contributed by atoms with E-state index in [1.54, 1.807) is 0 Å². The molecule has 0 radical (unpaired) electrons. The number of carbonyl (C=O) groups is 1. The molecule has 86 valence electrons. The molecule has 2 unspecified atom stereocenters. The molecule has 0 spiro atoms. The van der Waals surface area contributed by atoms with Gasteiger partial charge in [0.05, 0.1) is 6.42 Å². The molecule has 2 aliphatic heterocycles. The molecule has 0 saturated carbocycles. The number of rotatable bonds is 0. The summed E-state index contributed by atoms with van der Waals surface area (Å²) in [5.74, 6) is 0.348. The van der Waals surface area contributed by atoms with Gasteiger partial charge in [-0.25, -0.2) is 0 Å². The van der Waals surface area contributed by atoms with Crippen LogP contribution in [0.4, 0.5) is 0 Å². The van der Waals surface area contributed by atoms with Gasteiger partial charge in [0.25, 0.3) is 0 Å². The summed E-state index contributed by atoms with van der Waals surface area (Å²) in [6.07, 6.45) is 3.43. The molecule has 17 heavy (non-hydrogen) atoms. The van der Waals surface area contributed by atoms with E-state index in [1.807, 2.05) is 12.2 Å². The van der Waals surface area contributed by atoms with Crippen LogP contribution >= 0.6 is 0 Å². The Balaban J connectivity index is 2.08. The molecule has 0 N–H and O–H groups in total. The lowest BCUT2D eigenvalue weighted by Gasteiger charge is -2.34. The van der Waals surface area contributed by atoms with Crippen molar-refractivity contribution in [3.8, 4) is 0 Å². The van der Waals surface area contributed by atoms with E-state index in [1.165, 1.54) is 0 Å². The molecule has 3 nitrogen and oxygen atoms in total. The largest absolute Gasteiger partial charge is 0.482 e. The van der Waals surface area contributed by atoms with Crippen LogP contribution in [0.1, 0.15) is 6.42 Å². The maximum Gasteiger partial charge on any atom is 0.311 e.